The van der Waals surface area contributed by atoms with E-state index in [1.165, 1.54) is 19.9 Å². The van der Waals surface area contributed by atoms with Crippen LogP contribution in [0.15, 0.2) is 18.2 Å². The fraction of sp³-hybridized carbons (Fsp3) is 0.364. The lowest BCUT2D eigenvalue weighted by Crippen LogP contribution is -2.47. The van der Waals surface area contributed by atoms with Crippen molar-refractivity contribution < 1.29 is 23.1 Å². The van der Waals surface area contributed by atoms with Crippen LogP contribution in [0.3, 0.4) is 0 Å². The average Bonchev–Trinajstić information content (AvgIpc) is 2.13. The van der Waals surface area contributed by atoms with E-state index in [9.17, 15) is 23.1 Å². The third-order valence-corrected chi connectivity index (χ3v) is 2.42. The Morgan fingerprint density at radius 3 is 2.17 bits per heavy atom. The van der Waals surface area contributed by atoms with Gasteiger partial charge in [0.2, 0.25) is 0 Å². The highest BCUT2D eigenvalue weighted by Gasteiger charge is 2.32. The number of alkyl halides is 3. The number of halogens is 3. The van der Waals surface area contributed by atoms with E-state index in [0.29, 0.717) is 0 Å². The molecule has 7 heteroatoms. The fourth-order valence-electron chi connectivity index (χ4n) is 1.50. The summed E-state index contributed by atoms with van der Waals surface area (Å²) in [5.74, 6) is 0. The maximum atomic E-state index is 12.6. The van der Waals surface area contributed by atoms with Crippen LogP contribution in [0, 0.1) is 0 Å². The molecule has 18 heavy (non-hydrogen) atoms. The molecule has 3 N–H and O–H groups in total. The number of amides is 1. The van der Waals surface area contributed by atoms with Crippen molar-refractivity contribution in [3.05, 3.63) is 29.3 Å². The van der Waals surface area contributed by atoms with E-state index in [1.54, 1.807) is 0 Å². The number of hydrogen-bond acceptors (Lipinski definition) is 3. The van der Waals surface area contributed by atoms with Gasteiger partial charge < -0.3 is 21.0 Å². The Morgan fingerprint density at radius 2 is 1.72 bits per heavy atom. The van der Waals surface area contributed by atoms with Gasteiger partial charge in [-0.1, -0.05) is 0 Å². The molecular formula is C11H12F3N2O2-. The SMILES string of the molecule is CC(C)(NC(=O)[O-])c1cc(N)cc(C(F)(F)F)c1. The molecule has 0 heterocycles. The van der Waals surface area contributed by atoms with Crippen LogP contribution in [-0.4, -0.2) is 6.09 Å². The first-order valence-electron chi connectivity index (χ1n) is 5.00. The van der Waals surface area contributed by atoms with Crippen molar-refractivity contribution in [2.75, 3.05) is 5.73 Å². The van der Waals surface area contributed by atoms with Crippen LogP contribution >= 0.6 is 0 Å². The van der Waals surface area contributed by atoms with E-state index in [-0.39, 0.29) is 11.3 Å². The summed E-state index contributed by atoms with van der Waals surface area (Å²) in [7, 11) is 0. The van der Waals surface area contributed by atoms with Crippen molar-refractivity contribution >= 4 is 11.8 Å². The summed E-state index contributed by atoms with van der Waals surface area (Å²) in [5, 5.41) is 12.5. The lowest BCUT2D eigenvalue weighted by Gasteiger charge is -2.29. The minimum absolute atomic E-state index is 0.0898. The number of carbonyl (C=O) groups excluding carboxylic acids is 1. The number of benzene rings is 1. The normalized spacial score (nSPS) is 12.3. The van der Waals surface area contributed by atoms with Crippen molar-refractivity contribution in [1.29, 1.82) is 0 Å². The zero-order valence-electron chi connectivity index (χ0n) is 9.76. The molecule has 1 amide bonds. The largest absolute Gasteiger partial charge is 0.530 e. The van der Waals surface area contributed by atoms with Gasteiger partial charge in [-0.05, 0) is 37.6 Å². The second kappa shape index (κ2) is 4.40. The summed E-state index contributed by atoms with van der Waals surface area (Å²) in [4.78, 5) is 10.5. The molecule has 0 saturated carbocycles. The van der Waals surface area contributed by atoms with Crippen LogP contribution in [0.5, 0.6) is 0 Å². The summed E-state index contributed by atoms with van der Waals surface area (Å²) in [6, 6.07) is 2.93. The van der Waals surface area contributed by atoms with Gasteiger partial charge >= 0.3 is 6.18 Å². The summed E-state index contributed by atoms with van der Waals surface area (Å²) in [6.07, 6.45) is -6.11. The second-order valence-electron chi connectivity index (χ2n) is 4.38. The smallest absolute Gasteiger partial charge is 0.416 e. The van der Waals surface area contributed by atoms with Crippen molar-refractivity contribution in [2.24, 2.45) is 0 Å². The van der Waals surface area contributed by atoms with Gasteiger partial charge in [-0.25, -0.2) is 0 Å². The average molecular weight is 261 g/mol. The van der Waals surface area contributed by atoms with Gasteiger partial charge in [0.05, 0.1) is 11.1 Å². The molecule has 0 bridgehead atoms. The Labute approximate surface area is 102 Å². The Balaban J connectivity index is 3.25. The predicted molar refractivity (Wildman–Crippen MR) is 57.4 cm³/mol. The fourth-order valence-corrected chi connectivity index (χ4v) is 1.50. The molecule has 0 radical (unpaired) electrons. The highest BCUT2D eigenvalue weighted by atomic mass is 19.4. The second-order valence-corrected chi connectivity index (χ2v) is 4.38. The first-order chi connectivity index (χ1) is 8.02. The molecule has 0 aliphatic rings. The molecule has 0 aromatic heterocycles. The van der Waals surface area contributed by atoms with E-state index in [0.717, 1.165) is 12.1 Å². The molecule has 0 atom stereocenters. The molecule has 0 saturated heterocycles. The number of nitrogens with two attached hydrogens (primary N) is 1. The maximum Gasteiger partial charge on any atom is 0.416 e. The third-order valence-electron chi connectivity index (χ3n) is 2.42. The molecule has 1 aromatic carbocycles. The topological polar surface area (TPSA) is 78.2 Å². The van der Waals surface area contributed by atoms with Gasteiger partial charge in [0.15, 0.2) is 0 Å². The molecule has 100 valence electrons. The zero-order chi connectivity index (χ0) is 14.1. The molecule has 1 rings (SSSR count). The van der Waals surface area contributed by atoms with Crippen LogP contribution < -0.4 is 16.2 Å². The molecule has 1 aromatic rings. The minimum Gasteiger partial charge on any atom is -0.530 e. The van der Waals surface area contributed by atoms with Gasteiger partial charge in [0, 0.05) is 5.69 Å². The number of nitrogens with one attached hydrogen (secondary N) is 1. The number of carbonyl (C=O) groups is 1. The monoisotopic (exact) mass is 261 g/mol. The number of carboxylic acid groups (broad SMARTS) is 1. The molecule has 0 unspecified atom stereocenters. The first kappa shape index (κ1) is 14.1. The van der Waals surface area contributed by atoms with Crippen molar-refractivity contribution in [1.82, 2.24) is 5.32 Å². The third kappa shape index (κ3) is 3.28. The van der Waals surface area contributed by atoms with Crippen LogP contribution in [0.2, 0.25) is 0 Å². The lowest BCUT2D eigenvalue weighted by molar-refractivity contribution is -0.253. The molecule has 4 nitrogen and oxygen atoms in total. The highest BCUT2D eigenvalue weighted by Crippen LogP contribution is 2.33. The Hall–Kier alpha value is -1.92. The summed E-state index contributed by atoms with van der Waals surface area (Å²) >= 11 is 0. The summed E-state index contributed by atoms with van der Waals surface area (Å²) in [6.45, 7) is 2.83. The first-order valence-corrected chi connectivity index (χ1v) is 5.00. The van der Waals surface area contributed by atoms with E-state index >= 15 is 0 Å². The zero-order valence-corrected chi connectivity index (χ0v) is 9.76. The molecular weight excluding hydrogens is 249 g/mol. The number of hydrogen-bond donors (Lipinski definition) is 2. The minimum atomic E-state index is -4.54. The van der Waals surface area contributed by atoms with Crippen molar-refractivity contribution in [2.45, 2.75) is 25.6 Å². The molecule has 0 aliphatic carbocycles. The van der Waals surface area contributed by atoms with Crippen LogP contribution in [-0.2, 0) is 11.7 Å². The number of anilines is 1. The van der Waals surface area contributed by atoms with Crippen LogP contribution in [0.4, 0.5) is 23.7 Å². The molecule has 0 spiro atoms. The lowest BCUT2D eigenvalue weighted by atomic mass is 9.92. The van der Waals surface area contributed by atoms with Gasteiger partial charge in [0.1, 0.15) is 6.09 Å². The Morgan fingerprint density at radius 1 is 1.22 bits per heavy atom. The van der Waals surface area contributed by atoms with Crippen molar-refractivity contribution in [3.63, 3.8) is 0 Å². The van der Waals surface area contributed by atoms with Gasteiger partial charge in [0.25, 0.3) is 0 Å². The van der Waals surface area contributed by atoms with Crippen molar-refractivity contribution in [3.8, 4) is 0 Å². The quantitative estimate of drug-likeness (QED) is 0.791. The van der Waals surface area contributed by atoms with Gasteiger partial charge in [-0.15, -0.1) is 0 Å². The number of rotatable bonds is 2. The maximum absolute atomic E-state index is 12.6. The number of nitrogen functional groups attached to an aromatic ring is 1. The predicted octanol–water partition coefficient (Wildman–Crippen LogP) is 1.46. The standard InChI is InChI=1S/C11H13F3N2O2/c1-10(2,16-9(17)18)6-3-7(11(12,13)14)5-8(15)4-6/h3-5,16H,15H2,1-2H3,(H,17,18)/p-1. The summed E-state index contributed by atoms with van der Waals surface area (Å²) < 4.78 is 37.8. The van der Waals surface area contributed by atoms with Crippen LogP contribution in [0.25, 0.3) is 0 Å². The Kier molecular flexibility index (Phi) is 3.45. The Bertz CT molecular complexity index is 470. The summed E-state index contributed by atoms with van der Waals surface area (Å²) in [5.41, 5.74) is 3.26. The van der Waals surface area contributed by atoms with Gasteiger partial charge in [-0.3, -0.25) is 0 Å². The highest BCUT2D eigenvalue weighted by molar-refractivity contribution is 5.64. The van der Waals surface area contributed by atoms with E-state index in [2.05, 4.69) is 0 Å². The molecule has 0 fully saturated rings. The molecule has 0 aliphatic heterocycles. The van der Waals surface area contributed by atoms with E-state index < -0.39 is 23.4 Å². The van der Waals surface area contributed by atoms with Crippen LogP contribution in [0.1, 0.15) is 25.0 Å². The van der Waals surface area contributed by atoms with E-state index in [1.807, 2.05) is 5.32 Å². The van der Waals surface area contributed by atoms with E-state index in [4.69, 9.17) is 5.73 Å². The van der Waals surface area contributed by atoms with Gasteiger partial charge in [-0.2, -0.15) is 13.2 Å².